The molecular weight excluding hydrogens is 282 g/mol. The van der Waals surface area contributed by atoms with Gasteiger partial charge in [-0.05, 0) is 12.8 Å². The van der Waals surface area contributed by atoms with Crippen LogP contribution in [0.15, 0.2) is 36.5 Å². The molecule has 2 aromatic rings. The Balaban J connectivity index is 1.85. The van der Waals surface area contributed by atoms with Crippen molar-refractivity contribution in [3.8, 4) is 11.3 Å². The predicted molar refractivity (Wildman–Crippen MR) is 81.9 cm³/mol. The number of carbonyl (C=O) groups is 1. The molecule has 0 unspecified atom stereocenters. The number of anilines is 1. The Morgan fingerprint density at radius 2 is 2.18 bits per heavy atom. The SMILES string of the molecule is O=C(O)c1cnc(NC[C@H]2CCCO2)nc1-c1ccccc1. The largest absolute Gasteiger partial charge is 0.478 e. The molecule has 3 rings (SSSR count). The van der Waals surface area contributed by atoms with Crippen LogP contribution < -0.4 is 5.32 Å². The lowest BCUT2D eigenvalue weighted by Gasteiger charge is -2.12. The monoisotopic (exact) mass is 299 g/mol. The Hall–Kier alpha value is -2.47. The molecule has 1 aliphatic rings. The Morgan fingerprint density at radius 3 is 2.86 bits per heavy atom. The zero-order chi connectivity index (χ0) is 15.4. The van der Waals surface area contributed by atoms with Crippen molar-refractivity contribution < 1.29 is 14.6 Å². The first kappa shape index (κ1) is 14.5. The second-order valence-electron chi connectivity index (χ2n) is 5.14. The molecule has 22 heavy (non-hydrogen) atoms. The van der Waals surface area contributed by atoms with E-state index in [9.17, 15) is 9.90 Å². The number of ether oxygens (including phenoxy) is 1. The van der Waals surface area contributed by atoms with E-state index in [1.54, 1.807) is 0 Å². The van der Waals surface area contributed by atoms with Crippen LogP contribution in [0.1, 0.15) is 23.2 Å². The van der Waals surface area contributed by atoms with Crippen LogP contribution in [-0.2, 0) is 4.74 Å². The number of benzene rings is 1. The maximum atomic E-state index is 11.4. The Kier molecular flexibility index (Phi) is 4.29. The van der Waals surface area contributed by atoms with E-state index >= 15 is 0 Å². The lowest BCUT2D eigenvalue weighted by molar-refractivity contribution is 0.0697. The molecule has 1 saturated heterocycles. The van der Waals surface area contributed by atoms with Crippen LogP contribution in [0.2, 0.25) is 0 Å². The lowest BCUT2D eigenvalue weighted by atomic mass is 10.1. The fraction of sp³-hybridized carbons (Fsp3) is 0.312. The highest BCUT2D eigenvalue weighted by atomic mass is 16.5. The van der Waals surface area contributed by atoms with Gasteiger partial charge in [0.25, 0.3) is 0 Å². The summed E-state index contributed by atoms with van der Waals surface area (Å²) in [6.07, 6.45) is 3.60. The minimum atomic E-state index is -1.04. The molecule has 1 aromatic carbocycles. The van der Waals surface area contributed by atoms with E-state index in [2.05, 4.69) is 15.3 Å². The Morgan fingerprint density at radius 1 is 1.36 bits per heavy atom. The van der Waals surface area contributed by atoms with Gasteiger partial charge in [0.15, 0.2) is 0 Å². The van der Waals surface area contributed by atoms with Gasteiger partial charge in [0.05, 0.1) is 11.8 Å². The average molecular weight is 299 g/mol. The highest BCUT2D eigenvalue weighted by Gasteiger charge is 2.18. The van der Waals surface area contributed by atoms with Crippen LogP contribution in [0, 0.1) is 0 Å². The van der Waals surface area contributed by atoms with E-state index in [0.29, 0.717) is 18.2 Å². The van der Waals surface area contributed by atoms with Gasteiger partial charge in [0.1, 0.15) is 5.56 Å². The smallest absolute Gasteiger partial charge is 0.339 e. The summed E-state index contributed by atoms with van der Waals surface area (Å²) < 4.78 is 5.54. The van der Waals surface area contributed by atoms with Crippen LogP contribution in [0.4, 0.5) is 5.95 Å². The number of carboxylic acid groups (broad SMARTS) is 1. The van der Waals surface area contributed by atoms with Crippen molar-refractivity contribution in [3.05, 3.63) is 42.1 Å². The standard InChI is InChI=1S/C16H17N3O3/c20-15(21)13-10-18-16(17-9-12-7-4-8-22-12)19-14(13)11-5-2-1-3-6-11/h1-3,5-6,10,12H,4,7-9H2,(H,20,21)(H,17,18,19)/t12-/m1/s1. The average Bonchev–Trinajstić information content (AvgIpc) is 3.07. The van der Waals surface area contributed by atoms with Crippen LogP contribution in [0.5, 0.6) is 0 Å². The predicted octanol–water partition coefficient (Wildman–Crippen LogP) is 2.43. The van der Waals surface area contributed by atoms with E-state index in [1.165, 1.54) is 6.20 Å². The van der Waals surface area contributed by atoms with Crippen LogP contribution >= 0.6 is 0 Å². The highest BCUT2D eigenvalue weighted by Crippen LogP contribution is 2.22. The first-order valence-corrected chi connectivity index (χ1v) is 7.25. The number of carboxylic acids is 1. The summed E-state index contributed by atoms with van der Waals surface area (Å²) >= 11 is 0. The molecule has 1 fully saturated rings. The molecule has 6 heteroatoms. The van der Waals surface area contributed by atoms with Crippen LogP contribution in [0.25, 0.3) is 11.3 Å². The number of hydrogen-bond donors (Lipinski definition) is 2. The second kappa shape index (κ2) is 6.53. The van der Waals surface area contributed by atoms with Gasteiger partial charge in [-0.25, -0.2) is 14.8 Å². The van der Waals surface area contributed by atoms with Gasteiger partial charge < -0.3 is 15.2 Å². The molecular formula is C16H17N3O3. The number of hydrogen-bond acceptors (Lipinski definition) is 5. The molecule has 0 spiro atoms. The number of rotatable bonds is 5. The molecule has 0 saturated carbocycles. The van der Waals surface area contributed by atoms with Gasteiger partial charge >= 0.3 is 5.97 Å². The summed E-state index contributed by atoms with van der Waals surface area (Å²) in [5.41, 5.74) is 1.26. The quantitative estimate of drug-likeness (QED) is 0.882. The third kappa shape index (κ3) is 3.23. The lowest BCUT2D eigenvalue weighted by Crippen LogP contribution is -2.20. The zero-order valence-electron chi connectivity index (χ0n) is 12.0. The summed E-state index contributed by atoms with van der Waals surface area (Å²) in [5.74, 6) is -0.621. The highest BCUT2D eigenvalue weighted by molar-refractivity contribution is 5.94. The molecule has 1 aliphatic heterocycles. The van der Waals surface area contributed by atoms with Gasteiger partial charge in [-0.3, -0.25) is 0 Å². The van der Waals surface area contributed by atoms with Crippen molar-refractivity contribution >= 4 is 11.9 Å². The van der Waals surface area contributed by atoms with Gasteiger partial charge in [0.2, 0.25) is 5.95 Å². The van der Waals surface area contributed by atoms with Gasteiger partial charge in [-0.1, -0.05) is 30.3 Å². The summed E-state index contributed by atoms with van der Waals surface area (Å²) in [6.45, 7) is 1.42. The molecule has 0 aliphatic carbocycles. The Labute approximate surface area is 128 Å². The molecule has 1 aromatic heterocycles. The summed E-state index contributed by atoms with van der Waals surface area (Å²) in [7, 11) is 0. The van der Waals surface area contributed by atoms with Crippen molar-refractivity contribution in [2.45, 2.75) is 18.9 Å². The van der Waals surface area contributed by atoms with Crippen molar-refractivity contribution in [2.75, 3.05) is 18.5 Å². The molecule has 0 bridgehead atoms. The molecule has 114 valence electrons. The van der Waals surface area contributed by atoms with E-state index in [1.807, 2.05) is 30.3 Å². The number of aromatic nitrogens is 2. The van der Waals surface area contributed by atoms with Crippen molar-refractivity contribution in [3.63, 3.8) is 0 Å². The van der Waals surface area contributed by atoms with E-state index < -0.39 is 5.97 Å². The van der Waals surface area contributed by atoms with Crippen LogP contribution in [0.3, 0.4) is 0 Å². The number of nitrogens with one attached hydrogen (secondary N) is 1. The third-order valence-corrected chi connectivity index (χ3v) is 3.58. The molecule has 1 atom stereocenters. The molecule has 0 radical (unpaired) electrons. The Bertz CT molecular complexity index is 655. The zero-order valence-corrected chi connectivity index (χ0v) is 12.0. The summed E-state index contributed by atoms with van der Waals surface area (Å²) in [5, 5.41) is 12.4. The van der Waals surface area contributed by atoms with Crippen molar-refractivity contribution in [1.29, 1.82) is 0 Å². The first-order valence-electron chi connectivity index (χ1n) is 7.25. The number of aromatic carboxylic acids is 1. The first-order chi connectivity index (χ1) is 10.7. The molecule has 2 N–H and O–H groups in total. The second-order valence-corrected chi connectivity index (χ2v) is 5.14. The molecule has 6 nitrogen and oxygen atoms in total. The number of nitrogens with zero attached hydrogens (tertiary/aromatic N) is 2. The summed E-state index contributed by atoms with van der Waals surface area (Å²) in [4.78, 5) is 19.8. The summed E-state index contributed by atoms with van der Waals surface area (Å²) in [6, 6.07) is 9.24. The van der Waals surface area contributed by atoms with E-state index in [4.69, 9.17) is 4.74 Å². The van der Waals surface area contributed by atoms with E-state index in [0.717, 1.165) is 25.0 Å². The third-order valence-electron chi connectivity index (χ3n) is 3.58. The van der Waals surface area contributed by atoms with Crippen molar-refractivity contribution in [1.82, 2.24) is 9.97 Å². The normalized spacial score (nSPS) is 17.4. The van der Waals surface area contributed by atoms with Gasteiger partial charge in [0, 0.05) is 24.9 Å². The minimum absolute atomic E-state index is 0.0915. The topological polar surface area (TPSA) is 84.3 Å². The van der Waals surface area contributed by atoms with Gasteiger partial charge in [-0.15, -0.1) is 0 Å². The maximum Gasteiger partial charge on any atom is 0.339 e. The fourth-order valence-electron chi connectivity index (χ4n) is 2.45. The van der Waals surface area contributed by atoms with Crippen LogP contribution in [-0.4, -0.2) is 40.3 Å². The van der Waals surface area contributed by atoms with E-state index in [-0.39, 0.29) is 11.7 Å². The fourth-order valence-corrected chi connectivity index (χ4v) is 2.45. The van der Waals surface area contributed by atoms with Crippen molar-refractivity contribution in [2.24, 2.45) is 0 Å². The minimum Gasteiger partial charge on any atom is -0.478 e. The maximum absolute atomic E-state index is 11.4. The molecule has 0 amide bonds. The molecule has 2 heterocycles. The van der Waals surface area contributed by atoms with Gasteiger partial charge in [-0.2, -0.15) is 0 Å².